The van der Waals surface area contributed by atoms with Crippen LogP contribution in [0.4, 0.5) is 0 Å². The van der Waals surface area contributed by atoms with Crippen LogP contribution in [0, 0.1) is 0 Å². The summed E-state index contributed by atoms with van der Waals surface area (Å²) in [4.78, 5) is 11.9. The zero-order valence-electron chi connectivity index (χ0n) is 13.0. The van der Waals surface area contributed by atoms with Crippen molar-refractivity contribution in [3.63, 3.8) is 0 Å². The van der Waals surface area contributed by atoms with Crippen LogP contribution in [0.2, 0.25) is 5.02 Å². The van der Waals surface area contributed by atoms with Gasteiger partial charge in [-0.1, -0.05) is 48.0 Å². The maximum atomic E-state index is 11.9. The highest BCUT2D eigenvalue weighted by Gasteiger charge is 2.18. The molecule has 5 heteroatoms. The van der Waals surface area contributed by atoms with E-state index in [1.54, 1.807) is 12.1 Å². The molecule has 1 aliphatic heterocycles. The van der Waals surface area contributed by atoms with Crippen molar-refractivity contribution in [2.24, 2.45) is 0 Å². The summed E-state index contributed by atoms with van der Waals surface area (Å²) in [7, 11) is 0. The molecular formula is C19H17ClO2S2. The van der Waals surface area contributed by atoms with E-state index in [1.807, 2.05) is 66.0 Å². The largest absolute Gasteiger partial charge is 0.422 e. The van der Waals surface area contributed by atoms with Gasteiger partial charge in [0.1, 0.15) is 5.75 Å². The zero-order chi connectivity index (χ0) is 16.8. The molecule has 0 N–H and O–H groups in total. The molecule has 2 aromatic carbocycles. The van der Waals surface area contributed by atoms with Crippen LogP contribution in [-0.4, -0.2) is 17.5 Å². The van der Waals surface area contributed by atoms with Gasteiger partial charge in [0.15, 0.2) is 0 Å². The molecule has 0 unspecified atom stereocenters. The third-order valence-corrected chi connectivity index (χ3v) is 6.79. The minimum absolute atomic E-state index is 0.397. The Morgan fingerprint density at radius 2 is 1.88 bits per heavy atom. The number of hydrogen-bond donors (Lipinski definition) is 0. The predicted octanol–water partition coefficient (Wildman–Crippen LogP) is 5.83. The lowest BCUT2D eigenvalue weighted by Crippen LogP contribution is -2.05. The maximum Gasteiger partial charge on any atom is 0.336 e. The molecule has 0 atom stereocenters. The average Bonchev–Trinajstić information content (AvgIpc) is 2.63. The number of benzene rings is 2. The SMILES string of the molecule is O=C(C=Cc1ccccc1)Oc1ccc(C2SCCCS2)cc1Cl. The lowest BCUT2D eigenvalue weighted by molar-refractivity contribution is -0.128. The zero-order valence-corrected chi connectivity index (χ0v) is 15.4. The van der Waals surface area contributed by atoms with Gasteiger partial charge >= 0.3 is 5.97 Å². The number of carbonyl (C=O) groups is 1. The molecule has 1 fully saturated rings. The highest BCUT2D eigenvalue weighted by atomic mass is 35.5. The number of hydrogen-bond acceptors (Lipinski definition) is 4. The van der Waals surface area contributed by atoms with Crippen LogP contribution in [0.25, 0.3) is 6.08 Å². The van der Waals surface area contributed by atoms with Crippen molar-refractivity contribution in [2.75, 3.05) is 11.5 Å². The molecule has 2 nitrogen and oxygen atoms in total. The molecule has 1 aliphatic rings. The van der Waals surface area contributed by atoms with Gasteiger partial charge in [0.25, 0.3) is 0 Å². The quantitative estimate of drug-likeness (QED) is 0.381. The second kappa shape index (κ2) is 8.65. The van der Waals surface area contributed by atoms with Gasteiger partial charge in [-0.25, -0.2) is 4.79 Å². The maximum absolute atomic E-state index is 11.9. The van der Waals surface area contributed by atoms with Crippen LogP contribution < -0.4 is 4.74 Å². The first kappa shape index (κ1) is 17.5. The van der Waals surface area contributed by atoms with Crippen molar-refractivity contribution >= 4 is 47.2 Å². The van der Waals surface area contributed by atoms with E-state index >= 15 is 0 Å². The first-order chi connectivity index (χ1) is 11.7. The Kier molecular flexibility index (Phi) is 6.30. The van der Waals surface area contributed by atoms with Crippen molar-refractivity contribution in [3.05, 3.63) is 70.8 Å². The van der Waals surface area contributed by atoms with Crippen LogP contribution in [-0.2, 0) is 4.79 Å². The Hall–Kier alpha value is -1.36. The second-order valence-electron chi connectivity index (χ2n) is 5.28. The van der Waals surface area contributed by atoms with E-state index in [0.29, 0.717) is 15.4 Å². The van der Waals surface area contributed by atoms with E-state index in [9.17, 15) is 4.79 Å². The fourth-order valence-electron chi connectivity index (χ4n) is 2.30. The van der Waals surface area contributed by atoms with Crippen LogP contribution in [0.1, 0.15) is 22.1 Å². The van der Waals surface area contributed by atoms with Crippen LogP contribution in [0.15, 0.2) is 54.6 Å². The molecule has 3 rings (SSSR count). The average molecular weight is 377 g/mol. The van der Waals surface area contributed by atoms with Gasteiger partial charge in [-0.3, -0.25) is 0 Å². The molecule has 0 bridgehead atoms. The topological polar surface area (TPSA) is 26.3 Å². The van der Waals surface area contributed by atoms with Gasteiger partial charge in [0.05, 0.1) is 9.60 Å². The Morgan fingerprint density at radius 3 is 2.58 bits per heavy atom. The first-order valence-electron chi connectivity index (χ1n) is 7.70. The summed E-state index contributed by atoms with van der Waals surface area (Å²) in [6, 6.07) is 15.3. The van der Waals surface area contributed by atoms with Gasteiger partial charge in [-0.15, -0.1) is 23.5 Å². The highest BCUT2D eigenvalue weighted by Crippen LogP contribution is 2.45. The number of esters is 1. The smallest absolute Gasteiger partial charge is 0.336 e. The number of halogens is 1. The Bertz CT molecular complexity index is 725. The normalized spacial score (nSPS) is 15.5. The molecule has 0 aromatic heterocycles. The minimum atomic E-state index is -0.435. The van der Waals surface area contributed by atoms with Gasteiger partial charge < -0.3 is 4.74 Å². The molecule has 0 amide bonds. The molecule has 0 radical (unpaired) electrons. The van der Waals surface area contributed by atoms with Crippen molar-refractivity contribution in [1.29, 1.82) is 0 Å². The molecule has 124 valence electrons. The van der Waals surface area contributed by atoms with E-state index in [-0.39, 0.29) is 0 Å². The first-order valence-corrected chi connectivity index (χ1v) is 10.2. The van der Waals surface area contributed by atoms with Gasteiger partial charge in [0, 0.05) is 6.08 Å². The van der Waals surface area contributed by atoms with Crippen molar-refractivity contribution in [3.8, 4) is 5.75 Å². The fraction of sp³-hybridized carbons (Fsp3) is 0.211. The molecule has 1 heterocycles. The van der Waals surface area contributed by atoms with E-state index in [0.717, 1.165) is 5.56 Å². The van der Waals surface area contributed by atoms with Gasteiger partial charge in [0.2, 0.25) is 0 Å². The third kappa shape index (κ3) is 4.82. The number of ether oxygens (including phenoxy) is 1. The molecule has 0 saturated carbocycles. The lowest BCUT2D eigenvalue weighted by Gasteiger charge is -2.21. The Morgan fingerprint density at radius 1 is 1.12 bits per heavy atom. The molecule has 0 spiro atoms. The number of rotatable bonds is 4. The fourth-order valence-corrected chi connectivity index (χ4v) is 5.40. The summed E-state index contributed by atoms with van der Waals surface area (Å²) >= 11 is 10.2. The van der Waals surface area contributed by atoms with Gasteiger partial charge in [-0.2, -0.15) is 0 Å². The van der Waals surface area contributed by atoms with E-state index < -0.39 is 5.97 Å². The Balaban J connectivity index is 1.64. The van der Waals surface area contributed by atoms with E-state index in [4.69, 9.17) is 16.3 Å². The highest BCUT2D eigenvalue weighted by molar-refractivity contribution is 8.16. The van der Waals surface area contributed by atoms with Crippen LogP contribution in [0.5, 0.6) is 5.75 Å². The van der Waals surface area contributed by atoms with Crippen molar-refractivity contribution < 1.29 is 9.53 Å². The number of thioether (sulfide) groups is 2. The van der Waals surface area contributed by atoms with Gasteiger partial charge in [-0.05, 0) is 47.3 Å². The van der Waals surface area contributed by atoms with Crippen molar-refractivity contribution in [2.45, 2.75) is 11.0 Å². The van der Waals surface area contributed by atoms with E-state index in [1.165, 1.54) is 29.6 Å². The monoisotopic (exact) mass is 376 g/mol. The molecule has 0 aliphatic carbocycles. The summed E-state index contributed by atoms with van der Waals surface area (Å²) in [6.07, 6.45) is 4.38. The predicted molar refractivity (Wildman–Crippen MR) is 105 cm³/mol. The third-order valence-electron chi connectivity index (χ3n) is 3.48. The van der Waals surface area contributed by atoms with Crippen molar-refractivity contribution in [1.82, 2.24) is 0 Å². The minimum Gasteiger partial charge on any atom is -0.422 e. The Labute approximate surface area is 155 Å². The molecular weight excluding hydrogens is 360 g/mol. The van der Waals surface area contributed by atoms with Crippen LogP contribution >= 0.6 is 35.1 Å². The molecule has 24 heavy (non-hydrogen) atoms. The second-order valence-corrected chi connectivity index (χ2v) is 8.41. The van der Waals surface area contributed by atoms with E-state index in [2.05, 4.69) is 0 Å². The summed E-state index contributed by atoms with van der Waals surface area (Å²) in [5, 5.41) is 0.473. The van der Waals surface area contributed by atoms with Crippen LogP contribution in [0.3, 0.4) is 0 Å². The summed E-state index contributed by atoms with van der Waals surface area (Å²) in [6.45, 7) is 0. The summed E-state index contributed by atoms with van der Waals surface area (Å²) < 4.78 is 5.75. The standard InChI is InChI=1S/C19H17ClO2S2/c20-16-13-15(19-23-11-4-12-24-19)8-9-17(16)22-18(21)10-7-14-5-2-1-3-6-14/h1-3,5-10,13,19H,4,11-12H2. The lowest BCUT2D eigenvalue weighted by atomic mass is 10.2. The molecule has 2 aromatic rings. The molecule has 1 saturated heterocycles. The summed E-state index contributed by atoms with van der Waals surface area (Å²) in [5.74, 6) is 2.32. The summed E-state index contributed by atoms with van der Waals surface area (Å²) in [5.41, 5.74) is 2.12. The number of carbonyl (C=O) groups excluding carboxylic acids is 1.